The highest BCUT2D eigenvalue weighted by atomic mass is 16.3. The third-order valence-electron chi connectivity index (χ3n) is 4.29. The highest BCUT2D eigenvalue weighted by molar-refractivity contribution is 5.30. The first-order valence-electron chi connectivity index (χ1n) is 7.74. The SMILES string of the molecule is CNC(CCN1CCC(O)CC1)c1cc(C)cc(C)c1. The summed E-state index contributed by atoms with van der Waals surface area (Å²) in [4.78, 5) is 2.47. The predicted molar refractivity (Wildman–Crippen MR) is 84.0 cm³/mol. The lowest BCUT2D eigenvalue weighted by Crippen LogP contribution is -2.37. The minimum Gasteiger partial charge on any atom is -0.393 e. The molecule has 0 amide bonds. The molecule has 1 unspecified atom stereocenters. The number of benzene rings is 1. The van der Waals surface area contributed by atoms with Crippen LogP contribution in [-0.4, -0.2) is 42.8 Å². The molecule has 0 aromatic heterocycles. The van der Waals surface area contributed by atoms with Crippen LogP contribution in [0.2, 0.25) is 0 Å². The zero-order valence-electron chi connectivity index (χ0n) is 13.0. The van der Waals surface area contributed by atoms with Crippen molar-refractivity contribution in [2.75, 3.05) is 26.7 Å². The zero-order chi connectivity index (χ0) is 14.5. The van der Waals surface area contributed by atoms with E-state index in [2.05, 4.69) is 42.3 Å². The lowest BCUT2D eigenvalue weighted by atomic mass is 9.98. The molecule has 1 aliphatic heterocycles. The van der Waals surface area contributed by atoms with Crippen molar-refractivity contribution in [2.45, 2.75) is 45.3 Å². The summed E-state index contributed by atoms with van der Waals surface area (Å²) in [5.41, 5.74) is 4.06. The van der Waals surface area contributed by atoms with Crippen LogP contribution in [0.15, 0.2) is 18.2 Å². The molecular formula is C17H28N2O. The highest BCUT2D eigenvalue weighted by Crippen LogP contribution is 2.21. The molecule has 1 heterocycles. The Morgan fingerprint density at radius 1 is 1.20 bits per heavy atom. The van der Waals surface area contributed by atoms with Gasteiger partial charge < -0.3 is 15.3 Å². The number of nitrogens with zero attached hydrogens (tertiary/aromatic N) is 1. The van der Waals surface area contributed by atoms with Crippen LogP contribution in [0.1, 0.15) is 42.0 Å². The predicted octanol–water partition coefficient (Wildman–Crippen LogP) is 2.41. The maximum atomic E-state index is 9.55. The summed E-state index contributed by atoms with van der Waals surface area (Å²) in [7, 11) is 2.04. The molecule has 0 aliphatic carbocycles. The number of hydrogen-bond acceptors (Lipinski definition) is 3. The Bertz CT molecular complexity index is 405. The van der Waals surface area contributed by atoms with Crippen LogP contribution in [0, 0.1) is 13.8 Å². The molecule has 20 heavy (non-hydrogen) atoms. The summed E-state index contributed by atoms with van der Waals surface area (Å²) >= 11 is 0. The molecule has 1 fully saturated rings. The van der Waals surface area contributed by atoms with Gasteiger partial charge in [0.25, 0.3) is 0 Å². The van der Waals surface area contributed by atoms with Crippen LogP contribution >= 0.6 is 0 Å². The van der Waals surface area contributed by atoms with Crippen molar-refractivity contribution >= 4 is 0 Å². The maximum absolute atomic E-state index is 9.55. The number of hydrogen-bond donors (Lipinski definition) is 2. The quantitative estimate of drug-likeness (QED) is 0.867. The Hall–Kier alpha value is -0.900. The molecule has 0 spiro atoms. The van der Waals surface area contributed by atoms with Gasteiger partial charge in [-0.2, -0.15) is 0 Å². The number of rotatable bonds is 5. The summed E-state index contributed by atoms with van der Waals surface area (Å²) in [6, 6.07) is 7.21. The van der Waals surface area contributed by atoms with E-state index in [1.807, 2.05) is 7.05 Å². The third kappa shape index (κ3) is 4.30. The maximum Gasteiger partial charge on any atom is 0.0564 e. The van der Waals surface area contributed by atoms with Gasteiger partial charge in [-0.3, -0.25) is 0 Å². The second-order valence-corrected chi connectivity index (χ2v) is 6.12. The number of piperidine rings is 1. The molecule has 3 heteroatoms. The second kappa shape index (κ2) is 7.21. The molecule has 3 nitrogen and oxygen atoms in total. The standard InChI is InChI=1S/C17H28N2O/c1-13-10-14(2)12-15(11-13)17(18-3)6-9-19-7-4-16(20)5-8-19/h10-12,16-18,20H,4-9H2,1-3H3. The largest absolute Gasteiger partial charge is 0.393 e. The summed E-state index contributed by atoms with van der Waals surface area (Å²) in [5, 5.41) is 13.0. The second-order valence-electron chi connectivity index (χ2n) is 6.12. The lowest BCUT2D eigenvalue weighted by Gasteiger charge is -2.30. The van der Waals surface area contributed by atoms with Crippen LogP contribution in [0.4, 0.5) is 0 Å². The summed E-state index contributed by atoms with van der Waals surface area (Å²) in [6.45, 7) is 7.49. The van der Waals surface area contributed by atoms with Gasteiger partial charge in [0.1, 0.15) is 0 Å². The normalized spacial score (nSPS) is 19.2. The van der Waals surface area contributed by atoms with Crippen molar-refractivity contribution in [1.29, 1.82) is 0 Å². The van der Waals surface area contributed by atoms with Crippen LogP contribution < -0.4 is 5.32 Å². The van der Waals surface area contributed by atoms with Gasteiger partial charge in [0.05, 0.1) is 6.10 Å². The fourth-order valence-electron chi connectivity index (χ4n) is 3.14. The van der Waals surface area contributed by atoms with E-state index in [4.69, 9.17) is 0 Å². The molecule has 0 saturated carbocycles. The highest BCUT2D eigenvalue weighted by Gasteiger charge is 2.18. The molecule has 1 atom stereocenters. The third-order valence-corrected chi connectivity index (χ3v) is 4.29. The van der Waals surface area contributed by atoms with Gasteiger partial charge in [0, 0.05) is 19.1 Å². The van der Waals surface area contributed by atoms with Crippen molar-refractivity contribution in [3.05, 3.63) is 34.9 Å². The number of aliphatic hydroxyl groups excluding tert-OH is 1. The topological polar surface area (TPSA) is 35.5 Å². The van der Waals surface area contributed by atoms with E-state index < -0.39 is 0 Å². The van der Waals surface area contributed by atoms with E-state index in [0.717, 1.165) is 38.9 Å². The molecular weight excluding hydrogens is 248 g/mol. The average molecular weight is 276 g/mol. The fraction of sp³-hybridized carbons (Fsp3) is 0.647. The van der Waals surface area contributed by atoms with Crippen LogP contribution in [0.25, 0.3) is 0 Å². The van der Waals surface area contributed by atoms with E-state index in [1.165, 1.54) is 16.7 Å². The van der Waals surface area contributed by atoms with Gasteiger partial charge in [-0.1, -0.05) is 29.3 Å². The monoisotopic (exact) mass is 276 g/mol. The van der Waals surface area contributed by atoms with Gasteiger partial charge in [-0.05, 0) is 52.3 Å². The fourth-order valence-corrected chi connectivity index (χ4v) is 3.14. The first kappa shape index (κ1) is 15.5. The van der Waals surface area contributed by atoms with Gasteiger partial charge in [0.15, 0.2) is 0 Å². The van der Waals surface area contributed by atoms with E-state index in [1.54, 1.807) is 0 Å². The Morgan fingerprint density at radius 2 is 1.80 bits per heavy atom. The molecule has 1 aromatic carbocycles. The van der Waals surface area contributed by atoms with Crippen molar-refractivity contribution < 1.29 is 5.11 Å². The van der Waals surface area contributed by atoms with E-state index in [9.17, 15) is 5.11 Å². The van der Waals surface area contributed by atoms with Gasteiger partial charge >= 0.3 is 0 Å². The smallest absolute Gasteiger partial charge is 0.0564 e. The van der Waals surface area contributed by atoms with Crippen molar-refractivity contribution in [1.82, 2.24) is 10.2 Å². The number of nitrogens with one attached hydrogen (secondary N) is 1. The van der Waals surface area contributed by atoms with Gasteiger partial charge in [0.2, 0.25) is 0 Å². The Balaban J connectivity index is 1.91. The van der Waals surface area contributed by atoms with E-state index in [0.29, 0.717) is 6.04 Å². The molecule has 1 aliphatic rings. The number of aryl methyl sites for hydroxylation is 2. The molecule has 112 valence electrons. The van der Waals surface area contributed by atoms with Crippen molar-refractivity contribution in [2.24, 2.45) is 0 Å². The molecule has 2 rings (SSSR count). The molecule has 0 radical (unpaired) electrons. The Kier molecular flexibility index (Phi) is 5.58. The first-order chi connectivity index (χ1) is 9.58. The summed E-state index contributed by atoms with van der Waals surface area (Å²) < 4.78 is 0. The minimum absolute atomic E-state index is 0.0780. The summed E-state index contributed by atoms with van der Waals surface area (Å²) in [5.74, 6) is 0. The van der Waals surface area contributed by atoms with Crippen LogP contribution in [0.5, 0.6) is 0 Å². The van der Waals surface area contributed by atoms with Gasteiger partial charge in [-0.25, -0.2) is 0 Å². The van der Waals surface area contributed by atoms with Crippen molar-refractivity contribution in [3.63, 3.8) is 0 Å². The lowest BCUT2D eigenvalue weighted by molar-refractivity contribution is 0.0807. The van der Waals surface area contributed by atoms with E-state index in [-0.39, 0.29) is 6.10 Å². The minimum atomic E-state index is -0.0780. The van der Waals surface area contributed by atoms with Crippen LogP contribution in [0.3, 0.4) is 0 Å². The molecule has 1 aromatic rings. The number of aliphatic hydroxyl groups is 1. The molecule has 0 bridgehead atoms. The molecule has 1 saturated heterocycles. The average Bonchev–Trinajstić information content (AvgIpc) is 2.40. The van der Waals surface area contributed by atoms with E-state index >= 15 is 0 Å². The van der Waals surface area contributed by atoms with Crippen molar-refractivity contribution in [3.8, 4) is 0 Å². The zero-order valence-corrected chi connectivity index (χ0v) is 13.0. The van der Waals surface area contributed by atoms with Gasteiger partial charge in [-0.15, -0.1) is 0 Å². The van der Waals surface area contributed by atoms with Crippen LogP contribution in [-0.2, 0) is 0 Å². The summed E-state index contributed by atoms with van der Waals surface area (Å²) in [6.07, 6.45) is 2.89. The molecule has 2 N–H and O–H groups in total. The number of likely N-dealkylation sites (tertiary alicyclic amines) is 1. The first-order valence-corrected chi connectivity index (χ1v) is 7.74. The Morgan fingerprint density at radius 3 is 2.35 bits per heavy atom. The Labute approximate surface area is 123 Å².